The molecule has 0 aliphatic heterocycles. The normalized spacial score (nSPS) is 12.9. The van der Waals surface area contributed by atoms with Crippen LogP contribution in [0.15, 0.2) is 67.0 Å². The van der Waals surface area contributed by atoms with Crippen LogP contribution in [0.3, 0.4) is 0 Å². The standard InChI is InChI=1S/C34H35F3N4O3/c1-33(2,3)26-12-9-24(10-13-26)23-7-5-22(6-8-23)15-18-38-17-4-20-41-30(31(42)44-32(43)34(35,36)37)28-14-11-25-21-39-19-16-27(25)29(28)40-41/h5-10,12-13,16,19,21,38H,4,11,14-15,17-18,20H2,1-3H3. The number of halogens is 3. The second-order valence-corrected chi connectivity index (χ2v) is 12.0. The minimum atomic E-state index is -5.28. The number of carbonyl (C=O) groups excluding carboxylic acids is 2. The molecule has 5 rings (SSSR count). The van der Waals surface area contributed by atoms with Gasteiger partial charge in [-0.05, 0) is 78.1 Å². The van der Waals surface area contributed by atoms with Crippen molar-refractivity contribution in [2.45, 2.75) is 64.6 Å². The zero-order valence-electron chi connectivity index (χ0n) is 25.0. The van der Waals surface area contributed by atoms with Gasteiger partial charge in [0.15, 0.2) is 5.69 Å². The summed E-state index contributed by atoms with van der Waals surface area (Å²) >= 11 is 0. The molecule has 2 heterocycles. The second-order valence-electron chi connectivity index (χ2n) is 12.0. The zero-order chi connectivity index (χ0) is 31.5. The first-order chi connectivity index (χ1) is 20.9. The molecule has 2 aromatic heterocycles. The first kappa shape index (κ1) is 31.1. The highest BCUT2D eigenvalue weighted by Gasteiger charge is 2.43. The topological polar surface area (TPSA) is 86.1 Å². The first-order valence-electron chi connectivity index (χ1n) is 14.7. The van der Waals surface area contributed by atoms with E-state index >= 15 is 0 Å². The van der Waals surface area contributed by atoms with Gasteiger partial charge in [0, 0.05) is 30.1 Å². The lowest BCUT2D eigenvalue weighted by Gasteiger charge is -2.19. The van der Waals surface area contributed by atoms with Crippen molar-refractivity contribution in [1.82, 2.24) is 20.1 Å². The number of fused-ring (bicyclic) bond motifs is 3. The Morgan fingerprint density at radius 2 is 1.61 bits per heavy atom. The molecular formula is C34H35F3N4O3. The fraction of sp³-hybridized carbons (Fsp3) is 0.353. The highest BCUT2D eigenvalue weighted by Crippen LogP contribution is 2.35. The van der Waals surface area contributed by atoms with Gasteiger partial charge in [-0.25, -0.2) is 9.59 Å². The van der Waals surface area contributed by atoms with Gasteiger partial charge in [-0.2, -0.15) is 18.3 Å². The largest absolute Gasteiger partial charge is 0.491 e. The monoisotopic (exact) mass is 604 g/mol. The Kier molecular flexibility index (Phi) is 9.01. The van der Waals surface area contributed by atoms with Crippen molar-refractivity contribution in [2.75, 3.05) is 13.1 Å². The zero-order valence-corrected chi connectivity index (χ0v) is 25.0. The van der Waals surface area contributed by atoms with Crippen LogP contribution in [0.4, 0.5) is 13.2 Å². The molecule has 4 aromatic rings. The molecule has 44 heavy (non-hydrogen) atoms. The van der Waals surface area contributed by atoms with Crippen molar-refractivity contribution < 1.29 is 27.5 Å². The van der Waals surface area contributed by atoms with E-state index in [1.807, 2.05) is 0 Å². The van der Waals surface area contributed by atoms with E-state index in [-0.39, 0.29) is 17.7 Å². The lowest BCUT2D eigenvalue weighted by Crippen LogP contribution is -2.29. The number of nitrogens with one attached hydrogen (secondary N) is 1. The highest BCUT2D eigenvalue weighted by atomic mass is 19.4. The molecule has 2 aromatic carbocycles. The molecule has 1 aliphatic carbocycles. The third-order valence-corrected chi connectivity index (χ3v) is 7.82. The van der Waals surface area contributed by atoms with Crippen molar-refractivity contribution in [1.29, 1.82) is 0 Å². The number of hydrogen-bond donors (Lipinski definition) is 1. The van der Waals surface area contributed by atoms with Crippen LogP contribution in [-0.2, 0) is 40.8 Å². The summed E-state index contributed by atoms with van der Waals surface area (Å²) in [4.78, 5) is 28.3. The Morgan fingerprint density at radius 3 is 2.27 bits per heavy atom. The van der Waals surface area contributed by atoms with Gasteiger partial charge < -0.3 is 10.1 Å². The molecule has 0 radical (unpaired) electrons. The van der Waals surface area contributed by atoms with Gasteiger partial charge >= 0.3 is 18.1 Å². The molecule has 7 nitrogen and oxygen atoms in total. The molecule has 1 N–H and O–H groups in total. The summed E-state index contributed by atoms with van der Waals surface area (Å²) in [6.45, 7) is 8.18. The smallest absolute Gasteiger partial charge is 0.381 e. The van der Waals surface area contributed by atoms with Gasteiger partial charge in [0.1, 0.15) is 0 Å². The number of aryl methyl sites for hydroxylation is 2. The number of aromatic nitrogens is 3. The van der Waals surface area contributed by atoms with E-state index in [4.69, 9.17) is 0 Å². The van der Waals surface area contributed by atoms with E-state index in [9.17, 15) is 22.8 Å². The van der Waals surface area contributed by atoms with Crippen LogP contribution in [0.2, 0.25) is 0 Å². The molecule has 1 aliphatic rings. The van der Waals surface area contributed by atoms with Crippen molar-refractivity contribution in [3.05, 3.63) is 94.9 Å². The van der Waals surface area contributed by atoms with E-state index in [1.54, 1.807) is 18.5 Å². The molecule has 0 amide bonds. The minimum Gasteiger partial charge on any atom is -0.381 e. The summed E-state index contributed by atoms with van der Waals surface area (Å²) in [6, 6.07) is 18.9. The average Bonchev–Trinajstić information content (AvgIpc) is 3.37. The molecule has 0 spiro atoms. The summed E-state index contributed by atoms with van der Waals surface area (Å²) in [5.41, 5.74) is 7.50. The van der Waals surface area contributed by atoms with Gasteiger partial charge in [-0.1, -0.05) is 69.3 Å². The number of benzene rings is 2. The van der Waals surface area contributed by atoms with Crippen LogP contribution in [0.1, 0.15) is 59.9 Å². The van der Waals surface area contributed by atoms with E-state index in [2.05, 4.69) is 89.4 Å². The van der Waals surface area contributed by atoms with Crippen LogP contribution in [0.25, 0.3) is 22.4 Å². The Bertz CT molecular complexity index is 1640. The third kappa shape index (κ3) is 7.07. The lowest BCUT2D eigenvalue weighted by molar-refractivity contribution is -0.193. The summed E-state index contributed by atoms with van der Waals surface area (Å²) in [6.07, 6.45) is 0.325. The maximum absolute atomic E-state index is 12.8. The van der Waals surface area contributed by atoms with Gasteiger partial charge in [-0.15, -0.1) is 0 Å². The molecular weight excluding hydrogens is 569 g/mol. The third-order valence-electron chi connectivity index (χ3n) is 7.82. The fourth-order valence-electron chi connectivity index (χ4n) is 5.39. The summed E-state index contributed by atoms with van der Waals surface area (Å²) < 4.78 is 44.0. The Balaban J connectivity index is 1.17. The Morgan fingerprint density at radius 1 is 0.932 bits per heavy atom. The second kappa shape index (κ2) is 12.7. The summed E-state index contributed by atoms with van der Waals surface area (Å²) in [5, 5.41) is 7.95. The van der Waals surface area contributed by atoms with Crippen molar-refractivity contribution in [2.24, 2.45) is 0 Å². The van der Waals surface area contributed by atoms with Gasteiger partial charge in [0.05, 0.1) is 5.69 Å². The number of pyridine rings is 1. The van der Waals surface area contributed by atoms with Gasteiger partial charge in [0.25, 0.3) is 0 Å². The van der Waals surface area contributed by atoms with E-state index in [0.717, 1.165) is 29.7 Å². The SMILES string of the molecule is CC(C)(C)c1ccc(-c2ccc(CCNCCCn3nc4c(c3C(=O)OC(=O)C(F)(F)F)CCc3cnccc3-4)cc2)cc1. The highest BCUT2D eigenvalue weighted by molar-refractivity contribution is 5.99. The van der Waals surface area contributed by atoms with E-state index in [1.165, 1.54) is 21.4 Å². The number of ether oxygens (including phenoxy) is 1. The predicted molar refractivity (Wildman–Crippen MR) is 161 cm³/mol. The maximum atomic E-state index is 12.8. The van der Waals surface area contributed by atoms with Gasteiger partial charge in [-0.3, -0.25) is 9.67 Å². The number of hydrogen-bond acceptors (Lipinski definition) is 6. The Hall–Kier alpha value is -4.31. The van der Waals surface area contributed by atoms with Crippen molar-refractivity contribution in [3.63, 3.8) is 0 Å². The quantitative estimate of drug-likeness (QED) is 0.134. The number of rotatable bonds is 9. The summed E-state index contributed by atoms with van der Waals surface area (Å²) in [7, 11) is 0. The van der Waals surface area contributed by atoms with Crippen LogP contribution >= 0.6 is 0 Å². The molecule has 0 saturated heterocycles. The van der Waals surface area contributed by atoms with Crippen LogP contribution < -0.4 is 5.32 Å². The number of esters is 2. The van der Waals surface area contributed by atoms with Crippen molar-refractivity contribution in [3.8, 4) is 22.4 Å². The number of carbonyl (C=O) groups is 2. The Labute approximate surface area is 254 Å². The first-order valence-corrected chi connectivity index (χ1v) is 14.7. The molecule has 0 unspecified atom stereocenters. The maximum Gasteiger partial charge on any atom is 0.491 e. The molecule has 0 saturated carbocycles. The predicted octanol–water partition coefficient (Wildman–Crippen LogP) is 6.48. The molecule has 0 fully saturated rings. The molecule has 230 valence electrons. The fourth-order valence-corrected chi connectivity index (χ4v) is 5.39. The van der Waals surface area contributed by atoms with E-state index in [0.29, 0.717) is 37.1 Å². The van der Waals surface area contributed by atoms with Crippen molar-refractivity contribution >= 4 is 11.9 Å². The summed E-state index contributed by atoms with van der Waals surface area (Å²) in [5.74, 6) is -3.89. The van der Waals surface area contributed by atoms with Crippen LogP contribution in [0.5, 0.6) is 0 Å². The van der Waals surface area contributed by atoms with Crippen LogP contribution in [-0.4, -0.2) is 46.0 Å². The molecule has 10 heteroatoms. The molecule has 0 bridgehead atoms. The van der Waals surface area contributed by atoms with E-state index < -0.39 is 18.1 Å². The number of nitrogens with zero attached hydrogens (tertiary/aromatic N) is 3. The number of alkyl halides is 3. The molecule has 0 atom stereocenters. The van der Waals surface area contributed by atoms with Gasteiger partial charge in [0.2, 0.25) is 0 Å². The minimum absolute atomic E-state index is 0.114. The average molecular weight is 605 g/mol. The lowest BCUT2D eigenvalue weighted by atomic mass is 9.86. The van der Waals surface area contributed by atoms with Crippen LogP contribution in [0, 0.1) is 0 Å².